The van der Waals surface area contributed by atoms with Gasteiger partial charge < -0.3 is 45.1 Å². The molecular formula is C68H125NO10. The van der Waals surface area contributed by atoms with E-state index in [1.165, 1.54) is 186 Å². The molecule has 8 atom stereocenters. The zero-order chi connectivity index (χ0) is 57.5. The summed E-state index contributed by atoms with van der Waals surface area (Å²) in [5.41, 5.74) is 0. The molecule has 462 valence electrons. The van der Waals surface area contributed by atoms with Crippen molar-refractivity contribution in [2.24, 2.45) is 0 Å². The van der Waals surface area contributed by atoms with E-state index in [0.717, 1.165) is 77.0 Å². The Kier molecular flexibility index (Phi) is 53.0. The second-order valence-electron chi connectivity index (χ2n) is 23.2. The van der Waals surface area contributed by atoms with Crippen LogP contribution < -0.4 is 5.32 Å². The van der Waals surface area contributed by atoms with Crippen LogP contribution in [0, 0.1) is 0 Å². The van der Waals surface area contributed by atoms with Gasteiger partial charge in [0.05, 0.1) is 25.4 Å². The summed E-state index contributed by atoms with van der Waals surface area (Å²) >= 11 is 0. The van der Waals surface area contributed by atoms with Crippen LogP contribution in [0.15, 0.2) is 48.6 Å². The Balaban J connectivity index is 2.60. The topological polar surface area (TPSA) is 175 Å². The summed E-state index contributed by atoms with van der Waals surface area (Å²) in [6.45, 7) is 5.78. The fraction of sp³-hybridized carbons (Fsp3) is 0.853. The van der Waals surface area contributed by atoms with Crippen LogP contribution in [0.5, 0.6) is 0 Å². The SMILES string of the molecule is CCCCC/C=C\C/C=C\CCCCCCCCCCCCCCC(O)C(=O)NC(COC1OC(CO)C(O)C(O)C1OC(=O)CCCCCCCCC/C=C/CCCCCCCC)C(O)/C=C/CCCCCCCCCCC. The summed E-state index contributed by atoms with van der Waals surface area (Å²) in [4.78, 5) is 26.6. The predicted molar refractivity (Wildman–Crippen MR) is 329 cm³/mol. The number of rotatable bonds is 57. The monoisotopic (exact) mass is 1120 g/mol. The molecule has 1 aliphatic rings. The number of carbonyl (C=O) groups is 2. The molecule has 0 aromatic rings. The van der Waals surface area contributed by atoms with Crippen LogP contribution in [0.1, 0.15) is 310 Å². The predicted octanol–water partition coefficient (Wildman–Crippen LogP) is 16.4. The number of unbranched alkanes of at least 4 members (excludes halogenated alkanes) is 37. The zero-order valence-corrected chi connectivity index (χ0v) is 51.2. The average molecular weight is 1120 g/mol. The Hall–Kier alpha value is -2.38. The third-order valence-corrected chi connectivity index (χ3v) is 15.7. The average Bonchev–Trinajstić information content (AvgIpc) is 3.45. The van der Waals surface area contributed by atoms with Gasteiger partial charge in [0.1, 0.15) is 24.4 Å². The van der Waals surface area contributed by atoms with Crippen molar-refractivity contribution in [1.29, 1.82) is 0 Å². The number of allylic oxidation sites excluding steroid dienone is 7. The van der Waals surface area contributed by atoms with Crippen molar-refractivity contribution >= 4 is 11.9 Å². The molecular weight excluding hydrogens is 991 g/mol. The van der Waals surface area contributed by atoms with Crippen molar-refractivity contribution in [3.8, 4) is 0 Å². The van der Waals surface area contributed by atoms with Crippen molar-refractivity contribution in [3.63, 3.8) is 0 Å². The molecule has 0 bridgehead atoms. The lowest BCUT2D eigenvalue weighted by Crippen LogP contribution is -2.61. The van der Waals surface area contributed by atoms with Gasteiger partial charge in [0.15, 0.2) is 12.4 Å². The van der Waals surface area contributed by atoms with Gasteiger partial charge in [-0.1, -0.05) is 268 Å². The molecule has 6 N–H and O–H groups in total. The first-order valence-electron chi connectivity index (χ1n) is 33.4. The van der Waals surface area contributed by atoms with Crippen LogP contribution >= 0.6 is 0 Å². The first-order chi connectivity index (χ1) is 38.7. The molecule has 1 rings (SSSR count). The molecule has 0 radical (unpaired) electrons. The quantitative estimate of drug-likeness (QED) is 0.0195. The first kappa shape index (κ1) is 74.6. The van der Waals surface area contributed by atoms with Gasteiger partial charge in [-0.25, -0.2) is 0 Å². The Morgan fingerprint density at radius 2 is 0.873 bits per heavy atom. The molecule has 11 heteroatoms. The lowest BCUT2D eigenvalue weighted by atomic mass is 9.99. The van der Waals surface area contributed by atoms with Gasteiger partial charge in [0, 0.05) is 6.42 Å². The van der Waals surface area contributed by atoms with Crippen molar-refractivity contribution in [3.05, 3.63) is 48.6 Å². The summed E-state index contributed by atoms with van der Waals surface area (Å²) in [6, 6.07) is -1.02. The summed E-state index contributed by atoms with van der Waals surface area (Å²) in [6.07, 6.45) is 58.6. The minimum atomic E-state index is -1.61. The maximum Gasteiger partial charge on any atom is 0.306 e. The summed E-state index contributed by atoms with van der Waals surface area (Å²) in [5, 5.41) is 57.1. The fourth-order valence-corrected chi connectivity index (χ4v) is 10.4. The van der Waals surface area contributed by atoms with Crippen LogP contribution in [0.4, 0.5) is 0 Å². The summed E-state index contributed by atoms with van der Waals surface area (Å²) in [5.74, 6) is -1.19. The zero-order valence-electron chi connectivity index (χ0n) is 51.2. The van der Waals surface area contributed by atoms with Crippen molar-refractivity contribution < 1.29 is 49.3 Å². The number of esters is 1. The number of hydrogen-bond acceptors (Lipinski definition) is 10. The highest BCUT2D eigenvalue weighted by atomic mass is 16.7. The first-order valence-corrected chi connectivity index (χ1v) is 33.4. The molecule has 1 fully saturated rings. The molecule has 8 unspecified atom stereocenters. The maximum absolute atomic E-state index is 13.4. The third kappa shape index (κ3) is 43.9. The van der Waals surface area contributed by atoms with Gasteiger partial charge >= 0.3 is 5.97 Å². The molecule has 0 saturated carbocycles. The van der Waals surface area contributed by atoms with Gasteiger partial charge in [-0.2, -0.15) is 0 Å². The molecule has 79 heavy (non-hydrogen) atoms. The number of aliphatic hydroxyl groups is 5. The Bertz CT molecular complexity index is 1470. The van der Waals surface area contributed by atoms with Gasteiger partial charge in [0.25, 0.3) is 0 Å². The molecule has 0 aromatic carbocycles. The molecule has 1 saturated heterocycles. The highest BCUT2D eigenvalue weighted by Gasteiger charge is 2.47. The number of carbonyl (C=O) groups excluding carboxylic acids is 2. The van der Waals surface area contributed by atoms with Gasteiger partial charge in [0.2, 0.25) is 5.91 Å². The molecule has 1 amide bonds. The fourth-order valence-electron chi connectivity index (χ4n) is 10.4. The van der Waals surface area contributed by atoms with Crippen LogP contribution in [0.3, 0.4) is 0 Å². The molecule has 0 aliphatic carbocycles. The van der Waals surface area contributed by atoms with Gasteiger partial charge in [-0.15, -0.1) is 0 Å². The molecule has 0 spiro atoms. The van der Waals surface area contributed by atoms with Gasteiger partial charge in [-0.3, -0.25) is 9.59 Å². The summed E-state index contributed by atoms with van der Waals surface area (Å²) < 4.78 is 17.6. The molecule has 11 nitrogen and oxygen atoms in total. The lowest BCUT2D eigenvalue weighted by molar-refractivity contribution is -0.305. The van der Waals surface area contributed by atoms with E-state index in [1.807, 2.05) is 6.08 Å². The van der Waals surface area contributed by atoms with E-state index in [4.69, 9.17) is 14.2 Å². The number of ether oxygens (including phenoxy) is 3. The Morgan fingerprint density at radius 3 is 1.33 bits per heavy atom. The number of nitrogens with one attached hydrogen (secondary N) is 1. The number of amides is 1. The maximum atomic E-state index is 13.4. The second kappa shape index (κ2) is 56.1. The molecule has 1 aliphatic heterocycles. The van der Waals surface area contributed by atoms with E-state index in [-0.39, 0.29) is 13.0 Å². The number of hydrogen-bond donors (Lipinski definition) is 6. The highest BCUT2D eigenvalue weighted by molar-refractivity contribution is 5.80. The smallest absolute Gasteiger partial charge is 0.306 e. The second-order valence-corrected chi connectivity index (χ2v) is 23.2. The van der Waals surface area contributed by atoms with E-state index in [1.54, 1.807) is 6.08 Å². The van der Waals surface area contributed by atoms with E-state index < -0.39 is 67.4 Å². The van der Waals surface area contributed by atoms with Crippen molar-refractivity contribution in [1.82, 2.24) is 5.32 Å². The number of aliphatic hydroxyl groups excluding tert-OH is 5. The Morgan fingerprint density at radius 1 is 0.494 bits per heavy atom. The minimum absolute atomic E-state index is 0.120. The minimum Gasteiger partial charge on any atom is -0.454 e. The molecule has 0 aromatic heterocycles. The van der Waals surface area contributed by atoms with E-state index >= 15 is 0 Å². The van der Waals surface area contributed by atoms with E-state index in [9.17, 15) is 35.1 Å². The van der Waals surface area contributed by atoms with Crippen molar-refractivity contribution in [2.75, 3.05) is 13.2 Å². The third-order valence-electron chi connectivity index (χ3n) is 15.7. The van der Waals surface area contributed by atoms with Crippen LogP contribution in [-0.2, 0) is 23.8 Å². The standard InChI is InChI=1S/C68H125NO10/c1-4-7-10-13-16-19-22-24-26-28-29-30-31-32-34-35-37-40-43-46-49-52-55-61(72)67(76)69-59(60(71)54-51-48-45-42-39-21-18-15-12-9-6-3)58-77-68-66(65(75)64(74)62(57-70)78-68)79-63(73)56-53-50-47-44-41-38-36-33-27-25-23-20-17-14-11-8-5-2/h16,19,24-27,51,54,59-62,64-66,68,70-72,74-75H,4-15,17-18,20-23,28-50,52-53,55-58H2,1-3H3,(H,69,76)/b19-16-,26-24-,27-25+,54-51+. The molecule has 1 heterocycles. The van der Waals surface area contributed by atoms with Crippen LogP contribution in [-0.4, -0.2) is 99.6 Å². The van der Waals surface area contributed by atoms with E-state index in [2.05, 4.69) is 62.5 Å². The van der Waals surface area contributed by atoms with E-state index in [0.29, 0.717) is 19.3 Å². The largest absolute Gasteiger partial charge is 0.454 e. The highest BCUT2D eigenvalue weighted by Crippen LogP contribution is 2.26. The lowest BCUT2D eigenvalue weighted by Gasteiger charge is -2.41. The van der Waals surface area contributed by atoms with Crippen LogP contribution in [0.25, 0.3) is 0 Å². The summed E-state index contributed by atoms with van der Waals surface area (Å²) in [7, 11) is 0. The van der Waals surface area contributed by atoms with Crippen molar-refractivity contribution in [2.45, 2.75) is 359 Å². The Labute approximate surface area is 485 Å². The van der Waals surface area contributed by atoms with Gasteiger partial charge in [-0.05, 0) is 83.5 Å². The normalized spacial score (nSPS) is 19.1. The van der Waals surface area contributed by atoms with Crippen LogP contribution in [0.2, 0.25) is 0 Å².